The highest BCUT2D eigenvalue weighted by Gasteiger charge is 2.19. The van der Waals surface area contributed by atoms with E-state index in [-0.39, 0.29) is 23.8 Å². The molecule has 9 nitrogen and oxygen atoms in total. The Bertz CT molecular complexity index is 1090. The number of nitrogens with zero attached hydrogens (tertiary/aromatic N) is 3. The van der Waals surface area contributed by atoms with Crippen LogP contribution in [0.4, 0.5) is 11.4 Å². The number of aromatic nitrogens is 2. The third-order valence-corrected chi connectivity index (χ3v) is 4.63. The van der Waals surface area contributed by atoms with Crippen molar-refractivity contribution in [2.45, 2.75) is 13.7 Å². The molecule has 0 bridgehead atoms. The van der Waals surface area contributed by atoms with Crippen molar-refractivity contribution in [2.24, 2.45) is 0 Å². The maximum absolute atomic E-state index is 12.5. The maximum Gasteiger partial charge on any atom is 0.296 e. The molecule has 11 heteroatoms. The summed E-state index contributed by atoms with van der Waals surface area (Å²) in [5.41, 5.74) is -0.161. The van der Waals surface area contributed by atoms with Crippen LogP contribution in [0.1, 0.15) is 17.4 Å². The van der Waals surface area contributed by atoms with Gasteiger partial charge in [-0.1, -0.05) is 27.5 Å². The quantitative estimate of drug-likeness (QED) is 0.352. The second kappa shape index (κ2) is 9.59. The van der Waals surface area contributed by atoms with Crippen LogP contribution in [0, 0.1) is 10.1 Å². The van der Waals surface area contributed by atoms with E-state index in [0.29, 0.717) is 23.1 Å². The number of hydrogen-bond donors (Lipinski definition) is 1. The molecule has 0 saturated heterocycles. The number of ether oxygens (including phenoxy) is 2. The Morgan fingerprint density at radius 2 is 2.07 bits per heavy atom. The second-order valence-electron chi connectivity index (χ2n) is 5.91. The van der Waals surface area contributed by atoms with Crippen molar-refractivity contribution in [1.82, 2.24) is 9.78 Å². The molecule has 0 atom stereocenters. The van der Waals surface area contributed by atoms with E-state index in [9.17, 15) is 14.9 Å². The minimum absolute atomic E-state index is 0.0256. The molecule has 0 unspecified atom stereocenters. The number of halogens is 2. The molecule has 0 aliphatic rings. The first-order valence-corrected chi connectivity index (χ1v) is 9.88. The summed E-state index contributed by atoms with van der Waals surface area (Å²) < 4.78 is 13.1. The second-order valence-corrected chi connectivity index (χ2v) is 7.23. The van der Waals surface area contributed by atoms with Crippen LogP contribution in [0.3, 0.4) is 0 Å². The minimum Gasteiger partial charge on any atom is -0.494 e. The Morgan fingerprint density at radius 1 is 1.27 bits per heavy atom. The van der Waals surface area contributed by atoms with E-state index >= 15 is 0 Å². The van der Waals surface area contributed by atoms with Gasteiger partial charge in [0.05, 0.1) is 22.6 Å². The Labute approximate surface area is 184 Å². The van der Waals surface area contributed by atoms with Crippen molar-refractivity contribution in [3.63, 3.8) is 0 Å². The molecule has 0 aliphatic carbocycles. The third-order valence-electron chi connectivity index (χ3n) is 3.84. The fourth-order valence-electron chi connectivity index (χ4n) is 2.49. The molecule has 30 heavy (non-hydrogen) atoms. The fraction of sp³-hybridized carbons (Fsp3) is 0.158. The largest absolute Gasteiger partial charge is 0.494 e. The minimum atomic E-state index is -0.595. The summed E-state index contributed by atoms with van der Waals surface area (Å²) >= 11 is 9.41. The zero-order valence-electron chi connectivity index (χ0n) is 15.7. The number of carbonyl (C=O) groups excluding carboxylic acids is 1. The van der Waals surface area contributed by atoms with Crippen LogP contribution < -0.4 is 14.8 Å². The van der Waals surface area contributed by atoms with Gasteiger partial charge >= 0.3 is 0 Å². The lowest BCUT2D eigenvalue weighted by Crippen LogP contribution is -2.15. The van der Waals surface area contributed by atoms with E-state index in [1.807, 2.05) is 0 Å². The highest BCUT2D eigenvalue weighted by Crippen LogP contribution is 2.30. The molecule has 3 aromatic rings. The van der Waals surface area contributed by atoms with Crippen LogP contribution in [0.2, 0.25) is 5.02 Å². The zero-order valence-corrected chi connectivity index (χ0v) is 18.0. The Hall–Kier alpha value is -3.11. The molecular weight excluding hydrogens is 480 g/mol. The van der Waals surface area contributed by atoms with Crippen molar-refractivity contribution in [2.75, 3.05) is 11.9 Å². The number of hydrogen-bond acceptors (Lipinski definition) is 6. The fourth-order valence-corrected chi connectivity index (χ4v) is 3.22. The molecule has 1 N–H and O–H groups in total. The standard InChI is InChI=1S/C19H16BrClN4O5/c1-2-29-13-4-5-15(17(10-13)25(27)28)22-19(26)16-7-8-24(23-16)11-30-18-6-3-12(20)9-14(18)21/h3-10H,2,11H2,1H3,(H,22,26). The zero-order chi connectivity index (χ0) is 21.7. The van der Waals surface area contributed by atoms with Crippen LogP contribution in [-0.2, 0) is 6.73 Å². The van der Waals surface area contributed by atoms with Crippen molar-refractivity contribution >= 4 is 44.8 Å². The van der Waals surface area contributed by atoms with E-state index < -0.39 is 10.8 Å². The highest BCUT2D eigenvalue weighted by molar-refractivity contribution is 9.10. The van der Waals surface area contributed by atoms with Crippen LogP contribution in [0.15, 0.2) is 53.1 Å². The third kappa shape index (κ3) is 5.28. The Balaban J connectivity index is 1.68. The van der Waals surface area contributed by atoms with E-state index in [1.54, 1.807) is 37.4 Å². The monoisotopic (exact) mass is 494 g/mol. The van der Waals surface area contributed by atoms with Crippen LogP contribution in [0.25, 0.3) is 0 Å². The summed E-state index contributed by atoms with van der Waals surface area (Å²) in [7, 11) is 0. The smallest absolute Gasteiger partial charge is 0.296 e. The lowest BCUT2D eigenvalue weighted by Gasteiger charge is -2.08. The number of benzene rings is 2. The van der Waals surface area contributed by atoms with Crippen molar-refractivity contribution in [3.8, 4) is 11.5 Å². The molecule has 156 valence electrons. The first-order chi connectivity index (χ1) is 14.4. The van der Waals surface area contributed by atoms with Gasteiger partial charge < -0.3 is 14.8 Å². The molecule has 0 aliphatic heterocycles. The molecule has 0 radical (unpaired) electrons. The van der Waals surface area contributed by atoms with Crippen molar-refractivity contribution in [3.05, 3.63) is 74.0 Å². The van der Waals surface area contributed by atoms with Gasteiger partial charge in [0.25, 0.3) is 11.6 Å². The van der Waals surface area contributed by atoms with Crippen LogP contribution in [-0.4, -0.2) is 27.2 Å². The van der Waals surface area contributed by atoms with Gasteiger partial charge in [-0.2, -0.15) is 5.10 Å². The van der Waals surface area contributed by atoms with Gasteiger partial charge in [-0.25, -0.2) is 4.68 Å². The molecule has 3 rings (SSSR count). The normalized spacial score (nSPS) is 10.5. The van der Waals surface area contributed by atoms with Crippen LogP contribution in [0.5, 0.6) is 11.5 Å². The lowest BCUT2D eigenvalue weighted by molar-refractivity contribution is -0.384. The number of nitro benzene ring substituents is 1. The predicted molar refractivity (Wildman–Crippen MR) is 114 cm³/mol. The predicted octanol–water partition coefficient (Wildman–Crippen LogP) is 4.89. The molecule has 2 aromatic carbocycles. The molecule has 1 aromatic heterocycles. The van der Waals surface area contributed by atoms with Crippen molar-refractivity contribution in [1.29, 1.82) is 0 Å². The summed E-state index contributed by atoms with van der Waals surface area (Å²) in [4.78, 5) is 23.2. The maximum atomic E-state index is 12.5. The summed E-state index contributed by atoms with van der Waals surface area (Å²) in [5.74, 6) is 0.212. The van der Waals surface area contributed by atoms with Gasteiger partial charge in [-0.15, -0.1) is 0 Å². The summed E-state index contributed by atoms with van der Waals surface area (Å²) in [6.45, 7) is 2.16. The topological polar surface area (TPSA) is 109 Å². The van der Waals surface area contributed by atoms with E-state index in [4.69, 9.17) is 21.1 Å². The molecular formula is C19H16BrClN4O5. The number of nitrogens with one attached hydrogen (secondary N) is 1. The molecule has 0 saturated carbocycles. The first-order valence-electron chi connectivity index (χ1n) is 8.71. The van der Waals surface area contributed by atoms with Gasteiger partial charge in [0.15, 0.2) is 12.4 Å². The number of carbonyl (C=O) groups is 1. The van der Waals surface area contributed by atoms with Gasteiger partial charge in [0, 0.05) is 10.7 Å². The van der Waals surface area contributed by atoms with Crippen molar-refractivity contribution < 1.29 is 19.2 Å². The van der Waals surface area contributed by atoms with E-state index in [2.05, 4.69) is 26.3 Å². The van der Waals surface area contributed by atoms with E-state index in [0.717, 1.165) is 4.47 Å². The molecule has 0 fully saturated rings. The Kier molecular flexibility index (Phi) is 6.91. The summed E-state index contributed by atoms with van der Waals surface area (Å²) in [6, 6.07) is 10.9. The van der Waals surface area contributed by atoms with Gasteiger partial charge in [0.2, 0.25) is 0 Å². The summed E-state index contributed by atoms with van der Waals surface area (Å²) in [5, 5.41) is 18.4. The van der Waals surface area contributed by atoms with E-state index in [1.165, 1.54) is 22.9 Å². The van der Waals surface area contributed by atoms with Gasteiger partial charge in [-0.05, 0) is 43.3 Å². The number of rotatable bonds is 8. The van der Waals surface area contributed by atoms with Gasteiger partial charge in [0.1, 0.15) is 17.2 Å². The average molecular weight is 496 g/mol. The number of amides is 1. The average Bonchev–Trinajstić information content (AvgIpc) is 3.18. The lowest BCUT2D eigenvalue weighted by atomic mass is 10.2. The number of nitro groups is 1. The molecule has 1 heterocycles. The van der Waals surface area contributed by atoms with Crippen LogP contribution >= 0.6 is 27.5 Å². The molecule has 0 spiro atoms. The Morgan fingerprint density at radius 3 is 2.77 bits per heavy atom. The summed E-state index contributed by atoms with van der Waals surface area (Å²) in [6.07, 6.45) is 1.55. The number of anilines is 1. The SMILES string of the molecule is CCOc1ccc(NC(=O)c2ccn(COc3ccc(Br)cc3Cl)n2)c([N+](=O)[O-])c1. The molecule has 1 amide bonds. The van der Waals surface area contributed by atoms with Gasteiger partial charge in [-0.3, -0.25) is 14.9 Å². The first kappa shape index (κ1) is 21.6. The highest BCUT2D eigenvalue weighted by atomic mass is 79.9.